The largest absolute Gasteiger partial charge is 0.491 e. The van der Waals surface area contributed by atoms with E-state index >= 15 is 0 Å². The molecule has 1 aliphatic rings. The lowest BCUT2D eigenvalue weighted by molar-refractivity contribution is 0.0186. The molecule has 0 atom stereocenters. The minimum Gasteiger partial charge on any atom is -0.491 e. The van der Waals surface area contributed by atoms with Gasteiger partial charge < -0.3 is 23.8 Å². The van der Waals surface area contributed by atoms with Gasteiger partial charge >= 0.3 is 6.09 Å². The number of carbonyl (C=O) groups is 2. The van der Waals surface area contributed by atoms with Crippen LogP contribution in [0.2, 0.25) is 0 Å². The first-order valence-electron chi connectivity index (χ1n) is 11.2. The van der Waals surface area contributed by atoms with E-state index in [9.17, 15) is 9.59 Å². The van der Waals surface area contributed by atoms with Crippen LogP contribution in [0.5, 0.6) is 5.75 Å². The highest BCUT2D eigenvalue weighted by molar-refractivity contribution is 5.92. The fourth-order valence-electron chi connectivity index (χ4n) is 3.85. The van der Waals surface area contributed by atoms with E-state index in [1.54, 1.807) is 16.8 Å². The summed E-state index contributed by atoms with van der Waals surface area (Å²) in [6, 6.07) is 11.8. The van der Waals surface area contributed by atoms with Gasteiger partial charge in [-0.25, -0.2) is 4.79 Å². The number of hydrogen-bond acceptors (Lipinski definition) is 4. The molecule has 0 radical (unpaired) electrons. The number of aromatic nitrogens is 1. The number of ether oxygens (including phenoxy) is 2. The molecule has 32 heavy (non-hydrogen) atoms. The van der Waals surface area contributed by atoms with Crippen LogP contribution < -0.4 is 4.74 Å². The summed E-state index contributed by atoms with van der Waals surface area (Å²) in [6.45, 7) is 9.79. The van der Waals surface area contributed by atoms with Gasteiger partial charge in [-0.3, -0.25) is 4.79 Å². The molecule has 174 valence electrons. The molecule has 3 rings (SSSR count). The Balaban J connectivity index is 1.54. The molecule has 1 fully saturated rings. The van der Waals surface area contributed by atoms with Gasteiger partial charge in [0.15, 0.2) is 0 Å². The third-order valence-corrected chi connectivity index (χ3v) is 5.63. The molecule has 7 heteroatoms. The SMILES string of the molecule is Cc1ccccc1OCCN(C)C(=O)c1cccn1C1CCN(C(=O)OC(C)(C)C)CC1. The van der Waals surface area contributed by atoms with E-state index in [2.05, 4.69) is 0 Å². The summed E-state index contributed by atoms with van der Waals surface area (Å²) >= 11 is 0. The number of rotatable bonds is 6. The van der Waals surface area contributed by atoms with E-state index in [1.807, 2.05) is 74.9 Å². The molecule has 7 nitrogen and oxygen atoms in total. The normalized spacial score (nSPS) is 14.8. The quantitative estimate of drug-likeness (QED) is 0.661. The van der Waals surface area contributed by atoms with Crippen LogP contribution in [-0.2, 0) is 4.74 Å². The number of aryl methyl sites for hydroxylation is 1. The van der Waals surface area contributed by atoms with Gasteiger partial charge in [-0.15, -0.1) is 0 Å². The topological polar surface area (TPSA) is 64.0 Å². The van der Waals surface area contributed by atoms with Crippen molar-refractivity contribution >= 4 is 12.0 Å². The maximum atomic E-state index is 13.1. The highest BCUT2D eigenvalue weighted by Gasteiger charge is 2.29. The maximum Gasteiger partial charge on any atom is 0.410 e. The van der Waals surface area contributed by atoms with E-state index in [1.165, 1.54) is 0 Å². The highest BCUT2D eigenvalue weighted by atomic mass is 16.6. The molecule has 2 heterocycles. The molecule has 2 aromatic rings. The molecular weight excluding hydrogens is 406 g/mol. The monoisotopic (exact) mass is 441 g/mol. The van der Waals surface area contributed by atoms with Gasteiger partial charge in [0, 0.05) is 32.4 Å². The number of para-hydroxylation sites is 1. The molecule has 0 bridgehead atoms. The fourth-order valence-corrected chi connectivity index (χ4v) is 3.85. The minimum absolute atomic E-state index is 0.0297. The average molecular weight is 442 g/mol. The van der Waals surface area contributed by atoms with Gasteiger partial charge in [0.2, 0.25) is 0 Å². The highest BCUT2D eigenvalue weighted by Crippen LogP contribution is 2.26. The van der Waals surface area contributed by atoms with Gasteiger partial charge in [0.25, 0.3) is 5.91 Å². The number of hydrogen-bond donors (Lipinski definition) is 0. The van der Waals surface area contributed by atoms with Crippen LogP contribution in [0.15, 0.2) is 42.6 Å². The number of nitrogens with zero attached hydrogens (tertiary/aromatic N) is 3. The molecular formula is C25H35N3O4. The van der Waals surface area contributed by atoms with E-state index < -0.39 is 5.60 Å². The molecule has 1 aromatic carbocycles. The van der Waals surface area contributed by atoms with Gasteiger partial charge in [0.05, 0.1) is 6.54 Å². The first kappa shape index (κ1) is 23.7. The lowest BCUT2D eigenvalue weighted by Crippen LogP contribution is -2.42. The lowest BCUT2D eigenvalue weighted by Gasteiger charge is -2.34. The molecule has 0 unspecified atom stereocenters. The predicted octanol–water partition coefficient (Wildman–Crippen LogP) is 4.52. The summed E-state index contributed by atoms with van der Waals surface area (Å²) in [5.74, 6) is 0.812. The third kappa shape index (κ3) is 6.05. The Labute approximate surface area is 190 Å². The molecule has 1 aromatic heterocycles. The predicted molar refractivity (Wildman–Crippen MR) is 124 cm³/mol. The summed E-state index contributed by atoms with van der Waals surface area (Å²) in [5.41, 5.74) is 1.24. The number of likely N-dealkylation sites (N-methyl/N-ethyl adjacent to an activating group) is 1. The van der Waals surface area contributed by atoms with Crippen molar-refractivity contribution in [3.63, 3.8) is 0 Å². The number of carbonyl (C=O) groups excluding carboxylic acids is 2. The number of benzene rings is 1. The van der Waals surface area contributed by atoms with E-state index in [0.29, 0.717) is 31.9 Å². The van der Waals surface area contributed by atoms with Crippen LogP contribution in [0.3, 0.4) is 0 Å². The molecule has 1 saturated heterocycles. The Kier molecular flexibility index (Phi) is 7.48. The maximum absolute atomic E-state index is 13.1. The number of likely N-dealkylation sites (tertiary alicyclic amines) is 1. The number of piperidine rings is 1. The third-order valence-electron chi connectivity index (χ3n) is 5.63. The van der Waals surface area contributed by atoms with Crippen LogP contribution in [0.25, 0.3) is 0 Å². The van der Waals surface area contributed by atoms with Crippen molar-refractivity contribution in [3.05, 3.63) is 53.9 Å². The van der Waals surface area contributed by atoms with E-state index in [-0.39, 0.29) is 18.0 Å². The van der Waals surface area contributed by atoms with Crippen molar-refractivity contribution in [1.82, 2.24) is 14.4 Å². The standard InChI is InChI=1S/C25H35N3O4/c1-19-9-6-7-11-22(19)31-18-17-26(5)23(29)21-10-8-14-28(21)20-12-15-27(16-13-20)24(30)32-25(2,3)4/h6-11,14,20H,12-13,15-18H2,1-5H3. The fraction of sp³-hybridized carbons (Fsp3) is 0.520. The second-order valence-corrected chi connectivity index (χ2v) is 9.34. The van der Waals surface area contributed by atoms with Crippen molar-refractivity contribution in [1.29, 1.82) is 0 Å². The Morgan fingerprint density at radius 1 is 1.09 bits per heavy atom. The van der Waals surface area contributed by atoms with Gasteiger partial charge in [-0.1, -0.05) is 18.2 Å². The van der Waals surface area contributed by atoms with Crippen molar-refractivity contribution in [2.45, 2.75) is 52.2 Å². The molecule has 0 aliphatic carbocycles. The Morgan fingerprint density at radius 2 is 1.78 bits per heavy atom. The summed E-state index contributed by atoms with van der Waals surface area (Å²) in [6.07, 6.45) is 3.26. The van der Waals surface area contributed by atoms with Gasteiger partial charge in [-0.05, 0) is 64.3 Å². The summed E-state index contributed by atoms with van der Waals surface area (Å²) in [5, 5.41) is 0. The molecule has 1 aliphatic heterocycles. The second-order valence-electron chi connectivity index (χ2n) is 9.34. The van der Waals surface area contributed by atoms with Crippen molar-refractivity contribution < 1.29 is 19.1 Å². The zero-order chi connectivity index (χ0) is 23.3. The van der Waals surface area contributed by atoms with Crippen LogP contribution in [0.4, 0.5) is 4.79 Å². The molecule has 0 spiro atoms. The summed E-state index contributed by atoms with van der Waals surface area (Å²) in [4.78, 5) is 28.8. The van der Waals surface area contributed by atoms with Crippen LogP contribution in [-0.4, -0.2) is 65.3 Å². The smallest absolute Gasteiger partial charge is 0.410 e. The Bertz CT molecular complexity index is 923. The summed E-state index contributed by atoms with van der Waals surface area (Å²) in [7, 11) is 1.80. The first-order valence-corrected chi connectivity index (χ1v) is 11.2. The van der Waals surface area contributed by atoms with E-state index in [0.717, 1.165) is 24.2 Å². The Morgan fingerprint density at radius 3 is 2.44 bits per heavy atom. The summed E-state index contributed by atoms with van der Waals surface area (Å²) < 4.78 is 13.4. The average Bonchev–Trinajstić information content (AvgIpc) is 3.23. The van der Waals surface area contributed by atoms with Crippen molar-refractivity contribution in [2.75, 3.05) is 33.3 Å². The molecule has 0 N–H and O–H groups in total. The van der Waals surface area contributed by atoms with Crippen LogP contribution in [0, 0.1) is 6.92 Å². The molecule has 0 saturated carbocycles. The Hall–Kier alpha value is -2.96. The first-order chi connectivity index (χ1) is 15.2. The number of amides is 2. The van der Waals surface area contributed by atoms with Crippen molar-refractivity contribution in [3.8, 4) is 5.75 Å². The van der Waals surface area contributed by atoms with Gasteiger partial charge in [0.1, 0.15) is 23.7 Å². The van der Waals surface area contributed by atoms with Crippen LogP contribution in [0.1, 0.15) is 55.7 Å². The van der Waals surface area contributed by atoms with E-state index in [4.69, 9.17) is 9.47 Å². The lowest BCUT2D eigenvalue weighted by atomic mass is 10.0. The van der Waals surface area contributed by atoms with Gasteiger partial charge in [-0.2, -0.15) is 0 Å². The second kappa shape index (κ2) is 10.1. The zero-order valence-electron chi connectivity index (χ0n) is 19.8. The zero-order valence-corrected chi connectivity index (χ0v) is 19.8. The van der Waals surface area contributed by atoms with Crippen molar-refractivity contribution in [2.24, 2.45) is 0 Å². The minimum atomic E-state index is -0.499. The molecule has 2 amide bonds. The van der Waals surface area contributed by atoms with Crippen LogP contribution >= 0.6 is 0 Å².